The standard InChI is InChI=1S/C13H18FNO/c14-12-9-15-7-6-11(12)13(16)8-10-4-2-1-3-5-10/h6-7,9-10,13,16H,1-5,8H2. The molecular formula is C13H18FNO. The van der Waals surface area contributed by atoms with Gasteiger partial charge in [0.05, 0.1) is 12.3 Å². The van der Waals surface area contributed by atoms with Crippen LogP contribution in [0.5, 0.6) is 0 Å². The maximum absolute atomic E-state index is 13.4. The molecule has 1 heterocycles. The minimum atomic E-state index is -0.675. The van der Waals surface area contributed by atoms with Crippen LogP contribution in [-0.4, -0.2) is 10.1 Å². The van der Waals surface area contributed by atoms with E-state index in [4.69, 9.17) is 0 Å². The normalized spacial score (nSPS) is 19.6. The third kappa shape index (κ3) is 2.79. The lowest BCUT2D eigenvalue weighted by atomic mass is 9.84. The van der Waals surface area contributed by atoms with Crippen LogP contribution in [0.1, 0.15) is 50.2 Å². The highest BCUT2D eigenvalue weighted by molar-refractivity contribution is 5.15. The molecule has 0 amide bonds. The number of rotatable bonds is 3. The Morgan fingerprint density at radius 3 is 2.81 bits per heavy atom. The maximum atomic E-state index is 13.4. The van der Waals surface area contributed by atoms with Crippen molar-refractivity contribution in [3.8, 4) is 0 Å². The molecule has 1 aromatic rings. The van der Waals surface area contributed by atoms with Gasteiger partial charge >= 0.3 is 0 Å². The molecule has 88 valence electrons. The molecule has 0 aromatic carbocycles. The second-order valence-electron chi connectivity index (χ2n) is 4.65. The number of halogens is 1. The first-order chi connectivity index (χ1) is 7.77. The van der Waals surface area contributed by atoms with Crippen LogP contribution >= 0.6 is 0 Å². The highest BCUT2D eigenvalue weighted by atomic mass is 19.1. The third-order valence-corrected chi connectivity index (χ3v) is 3.44. The van der Waals surface area contributed by atoms with Crippen LogP contribution in [0.4, 0.5) is 4.39 Å². The maximum Gasteiger partial charge on any atom is 0.147 e. The number of aliphatic hydroxyl groups is 1. The summed E-state index contributed by atoms with van der Waals surface area (Å²) in [6.07, 6.45) is 8.84. The Balaban J connectivity index is 1.96. The van der Waals surface area contributed by atoms with Gasteiger partial charge in [0.1, 0.15) is 5.82 Å². The number of pyridine rings is 1. The number of hydrogen-bond acceptors (Lipinski definition) is 2. The van der Waals surface area contributed by atoms with Crippen LogP contribution < -0.4 is 0 Å². The fraction of sp³-hybridized carbons (Fsp3) is 0.615. The highest BCUT2D eigenvalue weighted by Gasteiger charge is 2.20. The summed E-state index contributed by atoms with van der Waals surface area (Å²) in [4.78, 5) is 3.69. The molecule has 2 nitrogen and oxygen atoms in total. The van der Waals surface area contributed by atoms with Crippen LogP contribution in [0.15, 0.2) is 18.5 Å². The Morgan fingerprint density at radius 1 is 1.38 bits per heavy atom. The van der Waals surface area contributed by atoms with Crippen molar-refractivity contribution in [1.82, 2.24) is 4.98 Å². The fourth-order valence-corrected chi connectivity index (χ4v) is 2.52. The Morgan fingerprint density at radius 2 is 2.12 bits per heavy atom. The molecule has 1 fully saturated rings. The third-order valence-electron chi connectivity index (χ3n) is 3.44. The zero-order valence-corrected chi connectivity index (χ0v) is 9.40. The van der Waals surface area contributed by atoms with Crippen molar-refractivity contribution in [2.45, 2.75) is 44.6 Å². The monoisotopic (exact) mass is 223 g/mol. The molecule has 0 saturated heterocycles. The van der Waals surface area contributed by atoms with Gasteiger partial charge in [-0.2, -0.15) is 0 Å². The van der Waals surface area contributed by atoms with Crippen molar-refractivity contribution in [3.63, 3.8) is 0 Å². The molecule has 1 aromatic heterocycles. The SMILES string of the molecule is OC(CC1CCCCC1)c1ccncc1F. The van der Waals surface area contributed by atoms with Gasteiger partial charge in [-0.05, 0) is 18.4 Å². The topological polar surface area (TPSA) is 33.1 Å². The summed E-state index contributed by atoms with van der Waals surface area (Å²) in [5.41, 5.74) is 0.389. The Labute approximate surface area is 95.5 Å². The van der Waals surface area contributed by atoms with E-state index in [-0.39, 0.29) is 0 Å². The van der Waals surface area contributed by atoms with Crippen molar-refractivity contribution < 1.29 is 9.50 Å². The van der Waals surface area contributed by atoms with E-state index in [1.165, 1.54) is 44.5 Å². The van der Waals surface area contributed by atoms with E-state index in [0.717, 1.165) is 0 Å². The van der Waals surface area contributed by atoms with Crippen LogP contribution in [0.3, 0.4) is 0 Å². The Bertz CT molecular complexity index is 336. The van der Waals surface area contributed by atoms with E-state index in [0.29, 0.717) is 17.9 Å². The predicted octanol–water partition coefficient (Wildman–Crippen LogP) is 3.22. The number of aliphatic hydroxyl groups excluding tert-OH is 1. The van der Waals surface area contributed by atoms with Crippen molar-refractivity contribution in [2.24, 2.45) is 5.92 Å². The molecular weight excluding hydrogens is 205 g/mol. The molecule has 0 spiro atoms. The summed E-state index contributed by atoms with van der Waals surface area (Å²) in [5, 5.41) is 9.99. The van der Waals surface area contributed by atoms with Gasteiger partial charge in [0, 0.05) is 11.8 Å². The smallest absolute Gasteiger partial charge is 0.147 e. The highest BCUT2D eigenvalue weighted by Crippen LogP contribution is 2.32. The summed E-state index contributed by atoms with van der Waals surface area (Å²) >= 11 is 0. The predicted molar refractivity (Wildman–Crippen MR) is 60.3 cm³/mol. The fourth-order valence-electron chi connectivity index (χ4n) is 2.52. The van der Waals surface area contributed by atoms with Gasteiger partial charge in [-0.25, -0.2) is 4.39 Å². The van der Waals surface area contributed by atoms with Crippen LogP contribution in [0.25, 0.3) is 0 Å². The van der Waals surface area contributed by atoms with Crippen molar-refractivity contribution >= 4 is 0 Å². The van der Waals surface area contributed by atoms with E-state index in [1.54, 1.807) is 6.07 Å². The molecule has 16 heavy (non-hydrogen) atoms. The summed E-state index contributed by atoms with van der Waals surface area (Å²) < 4.78 is 13.4. The van der Waals surface area contributed by atoms with E-state index >= 15 is 0 Å². The largest absolute Gasteiger partial charge is 0.388 e. The van der Waals surface area contributed by atoms with E-state index in [9.17, 15) is 9.50 Å². The van der Waals surface area contributed by atoms with E-state index in [2.05, 4.69) is 4.98 Å². The number of aromatic nitrogens is 1. The van der Waals surface area contributed by atoms with Crippen LogP contribution in [-0.2, 0) is 0 Å². The molecule has 0 bridgehead atoms. The molecule has 3 heteroatoms. The second-order valence-corrected chi connectivity index (χ2v) is 4.65. The minimum Gasteiger partial charge on any atom is -0.388 e. The van der Waals surface area contributed by atoms with E-state index < -0.39 is 11.9 Å². The first-order valence-electron chi connectivity index (χ1n) is 6.05. The molecule has 1 saturated carbocycles. The van der Waals surface area contributed by atoms with Crippen LogP contribution in [0, 0.1) is 11.7 Å². The van der Waals surface area contributed by atoms with Gasteiger partial charge in [-0.15, -0.1) is 0 Å². The summed E-state index contributed by atoms with van der Waals surface area (Å²) in [6.45, 7) is 0. The average molecular weight is 223 g/mol. The lowest BCUT2D eigenvalue weighted by Crippen LogP contribution is -2.12. The van der Waals surface area contributed by atoms with Gasteiger partial charge in [0.2, 0.25) is 0 Å². The van der Waals surface area contributed by atoms with E-state index in [1.807, 2.05) is 0 Å². The number of hydrogen-bond donors (Lipinski definition) is 1. The van der Waals surface area contributed by atoms with Gasteiger partial charge < -0.3 is 5.11 Å². The Kier molecular flexibility index (Phi) is 3.88. The van der Waals surface area contributed by atoms with Gasteiger partial charge in [-0.3, -0.25) is 4.98 Å². The quantitative estimate of drug-likeness (QED) is 0.853. The average Bonchev–Trinajstić information content (AvgIpc) is 2.31. The second kappa shape index (κ2) is 5.39. The number of nitrogens with zero attached hydrogens (tertiary/aromatic N) is 1. The van der Waals surface area contributed by atoms with Gasteiger partial charge in [0.25, 0.3) is 0 Å². The molecule has 1 N–H and O–H groups in total. The lowest BCUT2D eigenvalue weighted by molar-refractivity contribution is 0.127. The lowest BCUT2D eigenvalue weighted by Gasteiger charge is -2.24. The minimum absolute atomic E-state index is 0.389. The molecule has 1 aliphatic rings. The molecule has 1 aliphatic carbocycles. The Hall–Kier alpha value is -0.960. The molecule has 1 atom stereocenters. The zero-order valence-electron chi connectivity index (χ0n) is 9.40. The van der Waals surface area contributed by atoms with Crippen LogP contribution in [0.2, 0.25) is 0 Å². The molecule has 1 unspecified atom stereocenters. The van der Waals surface area contributed by atoms with Crippen molar-refractivity contribution in [2.75, 3.05) is 0 Å². The molecule has 0 radical (unpaired) electrons. The van der Waals surface area contributed by atoms with Crippen molar-refractivity contribution in [3.05, 3.63) is 29.8 Å². The first-order valence-corrected chi connectivity index (χ1v) is 6.05. The van der Waals surface area contributed by atoms with Gasteiger partial charge in [0.15, 0.2) is 0 Å². The summed E-state index contributed by atoms with van der Waals surface area (Å²) in [6, 6.07) is 1.57. The summed E-state index contributed by atoms with van der Waals surface area (Å²) in [5.74, 6) is 0.155. The molecule has 2 rings (SSSR count). The van der Waals surface area contributed by atoms with Crippen molar-refractivity contribution in [1.29, 1.82) is 0 Å². The summed E-state index contributed by atoms with van der Waals surface area (Å²) in [7, 11) is 0. The zero-order chi connectivity index (χ0) is 11.4. The van der Waals surface area contributed by atoms with Gasteiger partial charge in [-0.1, -0.05) is 32.1 Å². The first kappa shape index (κ1) is 11.5. The molecule has 0 aliphatic heterocycles.